The minimum atomic E-state index is -0.0935. The number of nitrogens with one attached hydrogen (secondary N) is 1. The van der Waals surface area contributed by atoms with E-state index in [2.05, 4.69) is 10.4 Å². The molecule has 84 valence electrons. The molecule has 2 N–H and O–H groups in total. The first-order valence-corrected chi connectivity index (χ1v) is 5.63. The lowest BCUT2D eigenvalue weighted by molar-refractivity contribution is 0.131. The van der Waals surface area contributed by atoms with Gasteiger partial charge in [-0.25, -0.2) is 0 Å². The molecule has 2 unspecified atom stereocenters. The molecule has 15 heavy (non-hydrogen) atoms. The minimum Gasteiger partial charge on any atom is -0.393 e. The van der Waals surface area contributed by atoms with E-state index in [-0.39, 0.29) is 6.10 Å². The van der Waals surface area contributed by atoms with Crippen molar-refractivity contribution < 1.29 is 5.11 Å². The molecular formula is C11H19N3O. The highest BCUT2D eigenvalue weighted by Gasteiger charge is 2.24. The first-order chi connectivity index (χ1) is 7.27. The van der Waals surface area contributed by atoms with Crippen molar-refractivity contribution in [2.24, 2.45) is 13.0 Å². The van der Waals surface area contributed by atoms with E-state index in [0.717, 1.165) is 25.9 Å². The predicted octanol–water partition coefficient (Wildman–Crippen LogP) is 0.671. The molecule has 2 atom stereocenters. The summed E-state index contributed by atoms with van der Waals surface area (Å²) in [6.07, 6.45) is 5.00. The van der Waals surface area contributed by atoms with Crippen LogP contribution in [0.4, 0.5) is 0 Å². The van der Waals surface area contributed by atoms with Crippen molar-refractivity contribution >= 4 is 0 Å². The highest BCUT2D eigenvalue weighted by molar-refractivity contribution is 4.99. The van der Waals surface area contributed by atoms with Gasteiger partial charge in [0.15, 0.2) is 0 Å². The largest absolute Gasteiger partial charge is 0.393 e. The Morgan fingerprint density at radius 2 is 2.47 bits per heavy atom. The molecule has 1 fully saturated rings. The first kappa shape index (κ1) is 10.6. The highest BCUT2D eigenvalue weighted by atomic mass is 16.3. The topological polar surface area (TPSA) is 50.1 Å². The fourth-order valence-electron chi connectivity index (χ4n) is 2.22. The molecule has 1 saturated carbocycles. The SMILES string of the molecule is Cn1nccc1CNCC1CCCC1O. The number of aryl methyl sites for hydroxylation is 1. The van der Waals surface area contributed by atoms with Gasteiger partial charge in [0.2, 0.25) is 0 Å². The van der Waals surface area contributed by atoms with Crippen LogP contribution in [0.2, 0.25) is 0 Å². The maximum absolute atomic E-state index is 9.64. The summed E-state index contributed by atoms with van der Waals surface area (Å²) in [6, 6.07) is 2.01. The van der Waals surface area contributed by atoms with E-state index in [4.69, 9.17) is 0 Å². The monoisotopic (exact) mass is 209 g/mol. The quantitative estimate of drug-likeness (QED) is 0.766. The van der Waals surface area contributed by atoms with E-state index < -0.39 is 0 Å². The average molecular weight is 209 g/mol. The van der Waals surface area contributed by atoms with Crippen LogP contribution in [0.3, 0.4) is 0 Å². The normalized spacial score (nSPS) is 26.0. The summed E-state index contributed by atoms with van der Waals surface area (Å²) in [7, 11) is 1.95. The summed E-state index contributed by atoms with van der Waals surface area (Å²) >= 11 is 0. The number of aliphatic hydroxyl groups excluding tert-OH is 1. The lowest BCUT2D eigenvalue weighted by Gasteiger charge is -2.14. The van der Waals surface area contributed by atoms with Gasteiger partial charge in [0.25, 0.3) is 0 Å². The van der Waals surface area contributed by atoms with Crippen LogP contribution in [0.25, 0.3) is 0 Å². The smallest absolute Gasteiger partial charge is 0.0580 e. The Bertz CT molecular complexity index is 311. The van der Waals surface area contributed by atoms with Crippen molar-refractivity contribution in [1.29, 1.82) is 0 Å². The van der Waals surface area contributed by atoms with Gasteiger partial charge in [-0.2, -0.15) is 5.10 Å². The van der Waals surface area contributed by atoms with Crippen molar-refractivity contribution in [3.63, 3.8) is 0 Å². The summed E-state index contributed by atoms with van der Waals surface area (Å²) < 4.78 is 1.87. The number of hydrogen-bond acceptors (Lipinski definition) is 3. The molecule has 1 aliphatic rings. The van der Waals surface area contributed by atoms with Crippen LogP contribution in [-0.4, -0.2) is 27.5 Å². The molecule has 4 heteroatoms. The average Bonchev–Trinajstić information content (AvgIpc) is 2.78. The lowest BCUT2D eigenvalue weighted by atomic mass is 10.1. The Morgan fingerprint density at radius 1 is 1.60 bits per heavy atom. The summed E-state index contributed by atoms with van der Waals surface area (Å²) in [5, 5.41) is 17.1. The fraction of sp³-hybridized carbons (Fsp3) is 0.727. The third-order valence-corrected chi connectivity index (χ3v) is 3.25. The number of nitrogens with zero attached hydrogens (tertiary/aromatic N) is 2. The van der Waals surface area contributed by atoms with E-state index in [1.54, 1.807) is 6.20 Å². The molecule has 0 radical (unpaired) electrons. The maximum atomic E-state index is 9.64. The Labute approximate surface area is 90.3 Å². The molecule has 0 spiro atoms. The van der Waals surface area contributed by atoms with E-state index >= 15 is 0 Å². The Hall–Kier alpha value is -0.870. The van der Waals surface area contributed by atoms with Crippen LogP contribution in [0.15, 0.2) is 12.3 Å². The minimum absolute atomic E-state index is 0.0935. The van der Waals surface area contributed by atoms with Gasteiger partial charge >= 0.3 is 0 Å². The molecular weight excluding hydrogens is 190 g/mol. The van der Waals surface area contributed by atoms with Gasteiger partial charge in [0.05, 0.1) is 11.8 Å². The van der Waals surface area contributed by atoms with E-state index in [9.17, 15) is 5.11 Å². The molecule has 2 rings (SSSR count). The zero-order valence-electron chi connectivity index (χ0n) is 9.19. The first-order valence-electron chi connectivity index (χ1n) is 5.63. The third kappa shape index (κ3) is 2.58. The van der Waals surface area contributed by atoms with Gasteiger partial charge < -0.3 is 10.4 Å². The second kappa shape index (κ2) is 4.77. The number of hydrogen-bond donors (Lipinski definition) is 2. The van der Waals surface area contributed by atoms with Gasteiger partial charge in [0, 0.05) is 26.3 Å². The number of rotatable bonds is 4. The van der Waals surface area contributed by atoms with Crippen molar-refractivity contribution in [3.8, 4) is 0 Å². The van der Waals surface area contributed by atoms with Gasteiger partial charge in [0.1, 0.15) is 0 Å². The lowest BCUT2D eigenvalue weighted by Crippen LogP contribution is -2.28. The fourth-order valence-corrected chi connectivity index (χ4v) is 2.22. The predicted molar refractivity (Wildman–Crippen MR) is 58.3 cm³/mol. The molecule has 4 nitrogen and oxygen atoms in total. The van der Waals surface area contributed by atoms with E-state index in [1.807, 2.05) is 17.8 Å². The summed E-state index contributed by atoms with van der Waals surface area (Å²) in [5.74, 6) is 0.443. The maximum Gasteiger partial charge on any atom is 0.0580 e. The van der Waals surface area contributed by atoms with Gasteiger partial charge in [-0.3, -0.25) is 4.68 Å². The zero-order chi connectivity index (χ0) is 10.7. The summed E-state index contributed by atoms with van der Waals surface area (Å²) in [5.41, 5.74) is 1.18. The second-order valence-electron chi connectivity index (χ2n) is 4.34. The van der Waals surface area contributed by atoms with Crippen molar-refractivity contribution in [2.45, 2.75) is 31.9 Å². The number of aliphatic hydroxyl groups is 1. The van der Waals surface area contributed by atoms with Crippen LogP contribution in [-0.2, 0) is 13.6 Å². The molecule has 0 bridgehead atoms. The van der Waals surface area contributed by atoms with Crippen molar-refractivity contribution in [2.75, 3.05) is 6.54 Å². The molecule has 1 heterocycles. The van der Waals surface area contributed by atoms with Crippen molar-refractivity contribution in [1.82, 2.24) is 15.1 Å². The highest BCUT2D eigenvalue weighted by Crippen LogP contribution is 2.24. The number of aromatic nitrogens is 2. The van der Waals surface area contributed by atoms with Crippen LogP contribution in [0.1, 0.15) is 25.0 Å². The zero-order valence-corrected chi connectivity index (χ0v) is 9.19. The van der Waals surface area contributed by atoms with Gasteiger partial charge in [-0.05, 0) is 24.8 Å². The molecule has 1 aliphatic carbocycles. The Morgan fingerprint density at radius 3 is 3.07 bits per heavy atom. The standard InChI is InChI=1S/C11H19N3O/c1-14-10(5-6-13-14)8-12-7-9-3-2-4-11(9)15/h5-6,9,11-12,15H,2-4,7-8H2,1H3. The molecule has 0 aromatic carbocycles. The molecule has 0 aliphatic heterocycles. The van der Waals surface area contributed by atoms with Gasteiger partial charge in [-0.15, -0.1) is 0 Å². The molecule has 0 amide bonds. The second-order valence-corrected chi connectivity index (χ2v) is 4.34. The Balaban J connectivity index is 1.73. The van der Waals surface area contributed by atoms with E-state index in [0.29, 0.717) is 5.92 Å². The molecule has 1 aromatic rings. The molecule has 0 saturated heterocycles. The van der Waals surface area contributed by atoms with Crippen LogP contribution in [0.5, 0.6) is 0 Å². The van der Waals surface area contributed by atoms with Crippen LogP contribution < -0.4 is 5.32 Å². The van der Waals surface area contributed by atoms with E-state index in [1.165, 1.54) is 12.1 Å². The van der Waals surface area contributed by atoms with Crippen LogP contribution in [0, 0.1) is 5.92 Å². The van der Waals surface area contributed by atoms with Crippen LogP contribution >= 0.6 is 0 Å². The summed E-state index contributed by atoms with van der Waals surface area (Å²) in [6.45, 7) is 1.74. The van der Waals surface area contributed by atoms with Gasteiger partial charge in [-0.1, -0.05) is 6.42 Å². The summed E-state index contributed by atoms with van der Waals surface area (Å²) in [4.78, 5) is 0. The van der Waals surface area contributed by atoms with Crippen molar-refractivity contribution in [3.05, 3.63) is 18.0 Å². The third-order valence-electron chi connectivity index (χ3n) is 3.25. The molecule has 1 aromatic heterocycles. The Kier molecular flexibility index (Phi) is 3.38.